The van der Waals surface area contributed by atoms with Gasteiger partial charge in [-0.1, -0.05) is 41.4 Å². The Morgan fingerprint density at radius 3 is 2.82 bits per heavy atom. The lowest BCUT2D eigenvalue weighted by molar-refractivity contribution is -0.122. The molecule has 2 aromatic carbocycles. The van der Waals surface area contributed by atoms with E-state index in [4.69, 9.17) is 28.2 Å². The van der Waals surface area contributed by atoms with Crippen LogP contribution in [0.5, 0.6) is 0 Å². The Kier molecular flexibility index (Phi) is 6.08. The lowest BCUT2D eigenvalue weighted by Gasteiger charge is -2.13. The largest absolute Gasteiger partial charge is 0.366 e. The number of amides is 2. The molecule has 1 aliphatic rings. The van der Waals surface area contributed by atoms with E-state index in [1.54, 1.807) is 28.9 Å². The van der Waals surface area contributed by atoms with Crippen molar-refractivity contribution in [1.82, 2.24) is 19.9 Å². The van der Waals surface area contributed by atoms with E-state index in [2.05, 4.69) is 21.0 Å². The second kappa shape index (κ2) is 9.32. The van der Waals surface area contributed by atoms with Crippen molar-refractivity contribution in [3.63, 3.8) is 0 Å². The van der Waals surface area contributed by atoms with Crippen LogP contribution >= 0.6 is 23.2 Å². The van der Waals surface area contributed by atoms with Gasteiger partial charge >= 0.3 is 0 Å². The summed E-state index contributed by atoms with van der Waals surface area (Å²) < 4.78 is 1.71. The highest BCUT2D eigenvalue weighted by Gasteiger charge is 2.27. The van der Waals surface area contributed by atoms with E-state index in [0.717, 1.165) is 16.9 Å². The van der Waals surface area contributed by atoms with Crippen LogP contribution < -0.4 is 16.0 Å². The van der Waals surface area contributed by atoms with E-state index in [1.165, 1.54) is 0 Å². The summed E-state index contributed by atoms with van der Waals surface area (Å²) in [7, 11) is 0. The SMILES string of the molecule is O=C1CCC(C(=O)Nc2cccc(-c3cc(NCc4ccc(Cl)cc4Cl)n4nccc4n3)c2)N1. The van der Waals surface area contributed by atoms with Crippen LogP contribution in [0.15, 0.2) is 60.8 Å². The van der Waals surface area contributed by atoms with Crippen molar-refractivity contribution < 1.29 is 9.59 Å². The van der Waals surface area contributed by atoms with Gasteiger partial charge in [0.1, 0.15) is 11.9 Å². The van der Waals surface area contributed by atoms with Crippen LogP contribution in [0.25, 0.3) is 16.9 Å². The third-order valence-corrected chi connectivity index (χ3v) is 6.16. The summed E-state index contributed by atoms with van der Waals surface area (Å²) in [4.78, 5) is 28.6. The molecule has 1 saturated heterocycles. The monoisotopic (exact) mass is 494 g/mol. The number of fused-ring (bicyclic) bond motifs is 1. The van der Waals surface area contributed by atoms with Crippen molar-refractivity contribution in [3.8, 4) is 11.3 Å². The van der Waals surface area contributed by atoms with E-state index in [-0.39, 0.29) is 11.8 Å². The number of anilines is 2. The number of nitrogens with zero attached hydrogens (tertiary/aromatic N) is 3. The fraction of sp³-hybridized carbons (Fsp3) is 0.167. The number of carbonyl (C=O) groups is 2. The highest BCUT2D eigenvalue weighted by atomic mass is 35.5. The molecule has 2 amide bonds. The molecule has 10 heteroatoms. The smallest absolute Gasteiger partial charge is 0.246 e. The summed E-state index contributed by atoms with van der Waals surface area (Å²) in [5, 5.41) is 14.4. The molecule has 0 spiro atoms. The number of aromatic nitrogens is 3. The minimum absolute atomic E-state index is 0.105. The number of hydrogen-bond donors (Lipinski definition) is 3. The summed E-state index contributed by atoms with van der Waals surface area (Å²) in [6.07, 6.45) is 2.54. The fourth-order valence-corrected chi connectivity index (χ4v) is 4.31. The summed E-state index contributed by atoms with van der Waals surface area (Å²) >= 11 is 12.3. The minimum Gasteiger partial charge on any atom is -0.366 e. The molecule has 3 N–H and O–H groups in total. The predicted octanol–water partition coefficient (Wildman–Crippen LogP) is 4.53. The third kappa shape index (κ3) is 4.69. The first-order valence-electron chi connectivity index (χ1n) is 10.7. The molecule has 0 radical (unpaired) electrons. The zero-order chi connectivity index (χ0) is 23.7. The molecule has 0 aliphatic carbocycles. The van der Waals surface area contributed by atoms with E-state index < -0.39 is 6.04 Å². The molecule has 1 unspecified atom stereocenters. The predicted molar refractivity (Wildman–Crippen MR) is 132 cm³/mol. The van der Waals surface area contributed by atoms with Crippen molar-refractivity contribution >= 4 is 52.2 Å². The molecular weight excluding hydrogens is 475 g/mol. The number of benzene rings is 2. The van der Waals surface area contributed by atoms with Crippen LogP contribution in [0.4, 0.5) is 11.5 Å². The number of nitrogens with one attached hydrogen (secondary N) is 3. The van der Waals surface area contributed by atoms with Gasteiger partial charge in [-0.25, -0.2) is 4.98 Å². The van der Waals surface area contributed by atoms with E-state index in [0.29, 0.717) is 46.5 Å². The van der Waals surface area contributed by atoms with Crippen molar-refractivity contribution in [1.29, 1.82) is 0 Å². The van der Waals surface area contributed by atoms with Gasteiger partial charge in [0.05, 0.1) is 11.9 Å². The molecule has 3 heterocycles. The van der Waals surface area contributed by atoms with Crippen LogP contribution in [0.3, 0.4) is 0 Å². The highest BCUT2D eigenvalue weighted by molar-refractivity contribution is 6.35. The standard InChI is InChI=1S/C24H20Cl2N6O2/c25-16-5-4-15(18(26)11-16)13-27-22-12-20(30-21-8-9-28-32(21)22)14-2-1-3-17(10-14)29-24(34)19-6-7-23(33)31-19/h1-5,8-12,19,27H,6-7,13H2,(H,29,34)(H,31,33). The van der Waals surface area contributed by atoms with Crippen molar-refractivity contribution in [2.45, 2.75) is 25.4 Å². The van der Waals surface area contributed by atoms with Crippen molar-refractivity contribution in [2.24, 2.45) is 0 Å². The first kappa shape index (κ1) is 22.2. The summed E-state index contributed by atoms with van der Waals surface area (Å²) in [6.45, 7) is 0.470. The van der Waals surface area contributed by atoms with Crippen LogP contribution in [-0.2, 0) is 16.1 Å². The van der Waals surface area contributed by atoms with Crippen LogP contribution in [-0.4, -0.2) is 32.5 Å². The van der Waals surface area contributed by atoms with E-state index in [1.807, 2.05) is 36.4 Å². The van der Waals surface area contributed by atoms with Gasteiger partial charge in [0.2, 0.25) is 11.8 Å². The van der Waals surface area contributed by atoms with Gasteiger partial charge in [-0.05, 0) is 36.2 Å². The topological polar surface area (TPSA) is 100 Å². The number of rotatable bonds is 6. The molecule has 1 atom stereocenters. The Balaban J connectivity index is 1.40. The summed E-state index contributed by atoms with van der Waals surface area (Å²) in [5.74, 6) is 0.399. The molecule has 0 bridgehead atoms. The second-order valence-electron chi connectivity index (χ2n) is 7.95. The zero-order valence-electron chi connectivity index (χ0n) is 17.9. The van der Waals surface area contributed by atoms with Gasteiger partial charge in [-0.15, -0.1) is 0 Å². The average molecular weight is 495 g/mol. The van der Waals surface area contributed by atoms with Crippen LogP contribution in [0.1, 0.15) is 18.4 Å². The molecule has 2 aromatic heterocycles. The first-order valence-corrected chi connectivity index (χ1v) is 11.4. The van der Waals surface area contributed by atoms with Crippen molar-refractivity contribution in [2.75, 3.05) is 10.6 Å². The Bertz CT molecular complexity index is 1400. The quantitative estimate of drug-likeness (QED) is 0.365. The highest BCUT2D eigenvalue weighted by Crippen LogP contribution is 2.26. The van der Waals surface area contributed by atoms with Gasteiger partial charge in [0, 0.05) is 46.4 Å². The summed E-state index contributed by atoms with van der Waals surface area (Å²) in [5.41, 5.74) is 3.73. The summed E-state index contributed by atoms with van der Waals surface area (Å²) in [6, 6.07) is 16.0. The normalized spacial score (nSPS) is 15.4. The molecule has 8 nitrogen and oxygen atoms in total. The molecule has 0 saturated carbocycles. The number of halogens is 2. The molecule has 5 rings (SSSR count). The Morgan fingerprint density at radius 2 is 2.03 bits per heavy atom. The van der Waals surface area contributed by atoms with E-state index >= 15 is 0 Å². The first-order chi connectivity index (χ1) is 16.5. The molecule has 34 heavy (non-hydrogen) atoms. The van der Waals surface area contributed by atoms with Crippen molar-refractivity contribution in [3.05, 3.63) is 76.4 Å². The maximum Gasteiger partial charge on any atom is 0.246 e. The second-order valence-corrected chi connectivity index (χ2v) is 8.79. The fourth-order valence-electron chi connectivity index (χ4n) is 3.83. The Morgan fingerprint density at radius 1 is 1.15 bits per heavy atom. The van der Waals surface area contributed by atoms with Gasteiger partial charge in [-0.2, -0.15) is 9.61 Å². The minimum atomic E-state index is -0.507. The lowest BCUT2D eigenvalue weighted by Crippen LogP contribution is -2.37. The molecular formula is C24H20Cl2N6O2. The number of carbonyl (C=O) groups excluding carboxylic acids is 2. The van der Waals surface area contributed by atoms with E-state index in [9.17, 15) is 9.59 Å². The molecule has 172 valence electrons. The lowest BCUT2D eigenvalue weighted by atomic mass is 10.1. The molecule has 4 aromatic rings. The van der Waals surface area contributed by atoms with Gasteiger partial charge in [0.25, 0.3) is 0 Å². The maximum absolute atomic E-state index is 12.5. The Hall–Kier alpha value is -3.62. The van der Waals surface area contributed by atoms with Crippen LogP contribution in [0, 0.1) is 0 Å². The van der Waals surface area contributed by atoms with Gasteiger partial charge < -0.3 is 16.0 Å². The average Bonchev–Trinajstić information content (AvgIpc) is 3.47. The molecule has 1 fully saturated rings. The third-order valence-electron chi connectivity index (χ3n) is 5.57. The number of hydrogen-bond acceptors (Lipinski definition) is 5. The maximum atomic E-state index is 12.5. The zero-order valence-corrected chi connectivity index (χ0v) is 19.4. The van der Waals surface area contributed by atoms with Crippen LogP contribution in [0.2, 0.25) is 10.0 Å². The van der Waals surface area contributed by atoms with Gasteiger partial charge in [-0.3, -0.25) is 9.59 Å². The Labute approximate surface area is 205 Å². The molecule has 1 aliphatic heterocycles. The van der Waals surface area contributed by atoms with Gasteiger partial charge in [0.15, 0.2) is 5.65 Å².